The van der Waals surface area contributed by atoms with Crippen LogP contribution >= 0.6 is 0 Å². The number of hydrogen-bond donors (Lipinski definition) is 2. The topological polar surface area (TPSA) is 67.8 Å². The summed E-state index contributed by atoms with van der Waals surface area (Å²) in [5.41, 5.74) is 5.73. The smallest absolute Gasteiger partial charge is 0.168 e. The van der Waals surface area contributed by atoms with E-state index in [0.717, 1.165) is 25.7 Å². The predicted molar refractivity (Wildman–Crippen MR) is 202 cm³/mol. The highest BCUT2D eigenvalue weighted by atomic mass is 15.1. The lowest BCUT2D eigenvalue weighted by molar-refractivity contribution is -0.671. The van der Waals surface area contributed by atoms with E-state index in [4.69, 9.17) is 10.6 Å². The molecule has 8 bridgehead atoms. The molecule has 9 rings (SSSR count). The van der Waals surface area contributed by atoms with E-state index in [1.165, 1.54) is 47.9 Å². The lowest BCUT2D eigenvalue weighted by atomic mass is 9.83. The zero-order valence-electron chi connectivity index (χ0n) is 31.5. The Hall–Kier alpha value is -3.56. The highest BCUT2D eigenvalue weighted by molar-refractivity contribution is 5.35. The number of aromatic nitrogens is 4. The van der Waals surface area contributed by atoms with Gasteiger partial charge in [-0.15, -0.1) is 24.2 Å². The Kier molecular flexibility index (Phi) is 9.44. The van der Waals surface area contributed by atoms with E-state index < -0.39 is 0 Å². The van der Waals surface area contributed by atoms with Crippen molar-refractivity contribution in [2.45, 2.75) is 123 Å². The Morgan fingerprint density at radius 2 is 0.577 bits per heavy atom. The van der Waals surface area contributed by atoms with Gasteiger partial charge in [-0.2, -0.15) is 0 Å². The fraction of sp³-hybridized carbons (Fsp3) is 0.545. The summed E-state index contributed by atoms with van der Waals surface area (Å²) in [5.74, 6) is 1.42. The summed E-state index contributed by atoms with van der Waals surface area (Å²) in [4.78, 5) is 0. The van der Waals surface area contributed by atoms with Gasteiger partial charge in [-0.25, -0.2) is 18.3 Å². The van der Waals surface area contributed by atoms with Gasteiger partial charge in [0, 0.05) is 72.7 Å². The van der Waals surface area contributed by atoms with Gasteiger partial charge in [-0.3, -0.25) is 0 Å². The Balaban J connectivity index is 1.14. The molecule has 0 radical (unpaired) electrons. The zero-order valence-corrected chi connectivity index (χ0v) is 31.5. The van der Waals surface area contributed by atoms with Crippen LogP contribution in [-0.4, -0.2) is 48.3 Å². The van der Waals surface area contributed by atoms with Crippen LogP contribution in [0.15, 0.2) is 98.1 Å². The van der Waals surface area contributed by atoms with Crippen LogP contribution in [0.25, 0.3) is 10.6 Å². The second kappa shape index (κ2) is 14.3. The maximum Gasteiger partial charge on any atom is 0.168 e. The third-order valence-electron chi connectivity index (χ3n) is 13.7. The Morgan fingerprint density at radius 1 is 0.365 bits per heavy atom. The molecule has 12 unspecified atom stereocenters. The average Bonchev–Trinajstić information content (AvgIpc) is 3.99. The first-order valence-electron chi connectivity index (χ1n) is 20.1. The lowest BCUT2D eigenvalue weighted by Gasteiger charge is -2.46. The third-order valence-corrected chi connectivity index (χ3v) is 13.7. The number of nitrogens with one attached hydrogen (secondary N) is 2. The van der Waals surface area contributed by atoms with E-state index >= 15 is 0 Å². The molecule has 5 fully saturated rings. The molecule has 0 saturated carbocycles. The summed E-state index contributed by atoms with van der Waals surface area (Å²) in [6, 6.07) is 21.7. The van der Waals surface area contributed by atoms with E-state index in [-0.39, 0.29) is 0 Å². The van der Waals surface area contributed by atoms with Crippen LogP contribution in [-0.2, 0) is 28.2 Å². The third kappa shape index (κ3) is 6.61. The van der Waals surface area contributed by atoms with Crippen molar-refractivity contribution in [1.82, 2.24) is 10.6 Å². The van der Waals surface area contributed by atoms with Gasteiger partial charge in [0.1, 0.15) is 28.2 Å². The maximum absolute atomic E-state index is 5.91. The van der Waals surface area contributed by atoms with Gasteiger partial charge in [0.2, 0.25) is 0 Å². The molecule has 0 aromatic carbocycles. The van der Waals surface area contributed by atoms with Crippen LogP contribution in [0.2, 0.25) is 0 Å². The summed E-state index contributed by atoms with van der Waals surface area (Å²) in [6.07, 6.45) is 27.1. The maximum atomic E-state index is 5.91. The molecule has 0 spiro atoms. The molecule has 272 valence electrons. The first-order valence-corrected chi connectivity index (χ1v) is 20.1. The molecule has 8 nitrogen and oxygen atoms in total. The highest BCUT2D eigenvalue weighted by Gasteiger charge is 2.44. The normalized spacial score (nSPS) is 35.9. The van der Waals surface area contributed by atoms with Crippen LogP contribution in [0.3, 0.4) is 0 Å². The van der Waals surface area contributed by atoms with Crippen molar-refractivity contribution in [1.29, 1.82) is 0 Å². The van der Waals surface area contributed by atoms with Crippen molar-refractivity contribution in [2.24, 2.45) is 28.2 Å². The predicted octanol–water partition coefficient (Wildman–Crippen LogP) is 4.48. The summed E-state index contributed by atoms with van der Waals surface area (Å²) in [6.45, 7) is 0. The summed E-state index contributed by atoms with van der Waals surface area (Å²) in [5, 5.41) is 20.5. The van der Waals surface area contributed by atoms with Crippen LogP contribution < -0.4 is 28.9 Å². The minimum Gasteiger partial charge on any atom is -0.656 e. The monoisotopic (exact) mass is 698 g/mol. The van der Waals surface area contributed by atoms with Crippen molar-refractivity contribution in [3.8, 4) is 0 Å². The quantitative estimate of drug-likeness (QED) is 0.309. The number of fused-ring (bicyclic) bond motifs is 8. The molecule has 12 atom stereocenters. The molecule has 4 aromatic heterocycles. The SMILES string of the molecule is C[n+]1ccc(C2C3CCC([N-]3)C(c3cc[n+](C)cc3)C3CCC(N3)C(c3cc[n+](C)cc3)C3CCC([N-]3)C(c3cc[n+](C)cc3)C3CCC2N3)cc1. The van der Waals surface area contributed by atoms with Gasteiger partial charge < -0.3 is 21.3 Å². The molecular weight excluding hydrogens is 641 g/mol. The highest BCUT2D eigenvalue weighted by Crippen LogP contribution is 2.51. The van der Waals surface area contributed by atoms with Crippen LogP contribution in [0.4, 0.5) is 0 Å². The molecule has 0 amide bonds. The van der Waals surface area contributed by atoms with Crippen molar-refractivity contribution in [2.75, 3.05) is 0 Å². The van der Waals surface area contributed by atoms with E-state index in [2.05, 4.69) is 155 Å². The molecule has 9 heterocycles. The van der Waals surface area contributed by atoms with Crippen LogP contribution in [0, 0.1) is 0 Å². The Labute approximate surface area is 310 Å². The number of nitrogens with zero attached hydrogens (tertiary/aromatic N) is 6. The van der Waals surface area contributed by atoms with Crippen LogP contribution in [0.5, 0.6) is 0 Å². The van der Waals surface area contributed by atoms with Gasteiger partial charge in [0.05, 0.1) is 0 Å². The Morgan fingerprint density at radius 3 is 0.788 bits per heavy atom. The van der Waals surface area contributed by atoms with Gasteiger partial charge in [0.25, 0.3) is 0 Å². The Bertz CT molecular complexity index is 1500. The van der Waals surface area contributed by atoms with E-state index in [0.29, 0.717) is 72.0 Å². The molecule has 8 heteroatoms. The largest absolute Gasteiger partial charge is 0.656 e. The number of aryl methyl sites for hydroxylation is 4. The molecular formula is C44H58N8+2. The van der Waals surface area contributed by atoms with Crippen molar-refractivity contribution < 1.29 is 18.3 Å². The standard InChI is InChI=1S/C44H58N8/c1-49-21-13-29(14-22-49)41-33-5-7-35(45-33)42(30-15-23-50(2)24-16-30)37-9-11-39(47-37)44(32-19-27-52(4)28-20-32)40-12-10-38(48-40)43(36-8-6-34(41)46-36)31-17-25-51(3)26-18-31/h13-28,33-45,48H,5-12H2,1-4H3/q+2. The molecule has 5 aliphatic heterocycles. The molecule has 5 aliphatic rings. The van der Waals surface area contributed by atoms with Gasteiger partial charge >= 0.3 is 0 Å². The van der Waals surface area contributed by atoms with Gasteiger partial charge in [-0.05, 0) is 71.6 Å². The number of pyridine rings is 4. The molecule has 2 N–H and O–H groups in total. The first kappa shape index (κ1) is 34.2. The molecule has 5 saturated heterocycles. The van der Waals surface area contributed by atoms with Crippen molar-refractivity contribution in [3.63, 3.8) is 0 Å². The van der Waals surface area contributed by atoms with Gasteiger partial charge in [-0.1, -0.05) is 25.7 Å². The molecule has 0 aliphatic carbocycles. The van der Waals surface area contributed by atoms with Crippen LogP contribution in [0.1, 0.15) is 97.3 Å². The summed E-state index contributed by atoms with van der Waals surface area (Å²) < 4.78 is 8.66. The first-order chi connectivity index (χ1) is 25.4. The molecule has 52 heavy (non-hydrogen) atoms. The fourth-order valence-electron chi connectivity index (χ4n) is 11.1. The lowest BCUT2D eigenvalue weighted by Crippen LogP contribution is -2.45. The van der Waals surface area contributed by atoms with E-state index in [9.17, 15) is 0 Å². The van der Waals surface area contributed by atoms with E-state index in [1.54, 1.807) is 0 Å². The number of hydrogen-bond acceptors (Lipinski definition) is 2. The van der Waals surface area contributed by atoms with Gasteiger partial charge in [0.15, 0.2) is 49.6 Å². The second-order valence-electron chi connectivity index (χ2n) is 16.9. The molecule has 4 aromatic rings. The fourth-order valence-corrected chi connectivity index (χ4v) is 11.1. The van der Waals surface area contributed by atoms with Crippen molar-refractivity contribution >= 4 is 0 Å². The van der Waals surface area contributed by atoms with E-state index in [1.807, 2.05) is 0 Å². The minimum atomic E-state index is 0.300. The second-order valence-corrected chi connectivity index (χ2v) is 16.9. The number of rotatable bonds is 4. The minimum absolute atomic E-state index is 0.300. The zero-order chi connectivity index (χ0) is 35.3. The summed E-state index contributed by atoms with van der Waals surface area (Å²) >= 11 is 0. The van der Waals surface area contributed by atoms with Crippen molar-refractivity contribution in [3.05, 3.63) is 131 Å². The summed E-state index contributed by atoms with van der Waals surface area (Å²) in [7, 11) is 8.50. The average molecular weight is 699 g/mol.